The number of aromatic nitrogens is 2. The molecule has 0 aliphatic heterocycles. The molecule has 0 fully saturated rings. The monoisotopic (exact) mass is 266 g/mol. The van der Waals surface area contributed by atoms with Crippen LogP contribution in [0.15, 0.2) is 0 Å². The summed E-state index contributed by atoms with van der Waals surface area (Å²) in [6.07, 6.45) is 3.70. The van der Waals surface area contributed by atoms with Gasteiger partial charge in [0, 0.05) is 12.1 Å². The number of nitrogens with zero attached hydrogens (tertiary/aromatic N) is 2. The van der Waals surface area contributed by atoms with Crippen LogP contribution in [0.2, 0.25) is 0 Å². The van der Waals surface area contributed by atoms with Crippen molar-refractivity contribution in [3.63, 3.8) is 0 Å². The number of nitrogens with two attached hydrogens (primary N) is 1. The molecule has 1 atom stereocenters. The lowest BCUT2D eigenvalue weighted by Gasteiger charge is -2.19. The molecule has 0 bridgehead atoms. The predicted molar refractivity (Wildman–Crippen MR) is 83.5 cm³/mol. The van der Waals surface area contributed by atoms with Gasteiger partial charge in [0.05, 0.1) is 11.4 Å². The topological polar surface area (TPSA) is 55.9 Å². The number of hydrogen-bond donors (Lipinski definition) is 2. The van der Waals surface area contributed by atoms with Crippen molar-refractivity contribution in [1.29, 1.82) is 0 Å². The van der Waals surface area contributed by atoms with Gasteiger partial charge in [-0.25, -0.2) is 4.68 Å². The van der Waals surface area contributed by atoms with Crippen molar-refractivity contribution in [1.82, 2.24) is 9.78 Å². The van der Waals surface area contributed by atoms with Crippen LogP contribution in [0.5, 0.6) is 0 Å². The lowest BCUT2D eigenvalue weighted by molar-refractivity contribution is 0.509. The van der Waals surface area contributed by atoms with Crippen LogP contribution in [-0.4, -0.2) is 15.8 Å². The summed E-state index contributed by atoms with van der Waals surface area (Å²) in [6, 6.07) is 0.746. The highest BCUT2D eigenvalue weighted by Crippen LogP contribution is 2.26. The van der Waals surface area contributed by atoms with Crippen molar-refractivity contribution in [2.75, 3.05) is 11.1 Å². The SMILES string of the molecule is Cc1nn(C(C)C)c(NC(C)CCCC(C)C)c1N. The van der Waals surface area contributed by atoms with E-state index in [1.807, 2.05) is 11.6 Å². The molecule has 1 rings (SSSR count). The molecule has 3 N–H and O–H groups in total. The molecular formula is C15H30N4. The Morgan fingerprint density at radius 3 is 2.32 bits per heavy atom. The maximum Gasteiger partial charge on any atom is 0.148 e. The Morgan fingerprint density at radius 2 is 1.79 bits per heavy atom. The second-order valence-corrected chi connectivity index (χ2v) is 6.26. The van der Waals surface area contributed by atoms with Crippen LogP contribution in [0.3, 0.4) is 0 Å². The Morgan fingerprint density at radius 1 is 1.16 bits per heavy atom. The first-order valence-electron chi connectivity index (χ1n) is 7.44. The fourth-order valence-electron chi connectivity index (χ4n) is 2.22. The quantitative estimate of drug-likeness (QED) is 0.785. The van der Waals surface area contributed by atoms with Crippen LogP contribution in [-0.2, 0) is 0 Å². The molecule has 0 aliphatic carbocycles. The number of rotatable bonds is 7. The van der Waals surface area contributed by atoms with Crippen molar-refractivity contribution < 1.29 is 0 Å². The molecule has 110 valence electrons. The molecule has 0 aromatic carbocycles. The van der Waals surface area contributed by atoms with E-state index < -0.39 is 0 Å². The number of nitrogen functional groups attached to an aromatic ring is 1. The summed E-state index contributed by atoms with van der Waals surface area (Å²) in [5.41, 5.74) is 7.81. The van der Waals surface area contributed by atoms with Crippen LogP contribution in [0.1, 0.15) is 65.6 Å². The Hall–Kier alpha value is -1.19. The van der Waals surface area contributed by atoms with Crippen molar-refractivity contribution in [2.45, 2.75) is 72.9 Å². The first-order chi connectivity index (χ1) is 8.82. The van der Waals surface area contributed by atoms with E-state index in [1.165, 1.54) is 19.3 Å². The summed E-state index contributed by atoms with van der Waals surface area (Å²) in [4.78, 5) is 0. The summed E-state index contributed by atoms with van der Waals surface area (Å²) in [7, 11) is 0. The van der Waals surface area contributed by atoms with Crippen LogP contribution in [0, 0.1) is 12.8 Å². The van der Waals surface area contributed by atoms with Crippen molar-refractivity contribution >= 4 is 11.5 Å². The zero-order valence-corrected chi connectivity index (χ0v) is 13.3. The van der Waals surface area contributed by atoms with Gasteiger partial charge < -0.3 is 11.1 Å². The van der Waals surface area contributed by atoms with Crippen molar-refractivity contribution in [3.05, 3.63) is 5.69 Å². The molecule has 1 unspecified atom stereocenters. The molecule has 1 aromatic heterocycles. The van der Waals surface area contributed by atoms with Gasteiger partial charge in [-0.3, -0.25) is 0 Å². The van der Waals surface area contributed by atoms with E-state index in [9.17, 15) is 0 Å². The molecule has 4 heteroatoms. The Kier molecular flexibility index (Phi) is 5.70. The Bertz CT molecular complexity index is 393. The number of hydrogen-bond acceptors (Lipinski definition) is 3. The van der Waals surface area contributed by atoms with Gasteiger partial charge in [-0.05, 0) is 40.0 Å². The van der Waals surface area contributed by atoms with Gasteiger partial charge in [-0.15, -0.1) is 0 Å². The van der Waals surface area contributed by atoms with Gasteiger partial charge in [0.2, 0.25) is 0 Å². The molecule has 19 heavy (non-hydrogen) atoms. The Balaban J connectivity index is 2.65. The summed E-state index contributed by atoms with van der Waals surface area (Å²) >= 11 is 0. The van der Waals surface area contributed by atoms with E-state index >= 15 is 0 Å². The standard InChI is InChI=1S/C15H30N4/c1-10(2)8-7-9-12(5)17-15-14(16)13(6)18-19(15)11(3)4/h10-12,17H,7-9,16H2,1-6H3. The third-order valence-electron chi connectivity index (χ3n) is 3.42. The van der Waals surface area contributed by atoms with E-state index in [4.69, 9.17) is 5.73 Å². The molecule has 0 spiro atoms. The lowest BCUT2D eigenvalue weighted by atomic mass is 10.0. The lowest BCUT2D eigenvalue weighted by Crippen LogP contribution is -2.20. The van der Waals surface area contributed by atoms with E-state index in [-0.39, 0.29) is 0 Å². The van der Waals surface area contributed by atoms with Gasteiger partial charge in [-0.2, -0.15) is 5.10 Å². The normalized spacial score (nSPS) is 13.3. The summed E-state index contributed by atoms with van der Waals surface area (Å²) < 4.78 is 1.99. The average Bonchev–Trinajstić information content (AvgIpc) is 2.57. The largest absolute Gasteiger partial charge is 0.394 e. The molecule has 0 saturated carbocycles. The second kappa shape index (κ2) is 6.83. The minimum Gasteiger partial charge on any atom is -0.394 e. The average molecular weight is 266 g/mol. The van der Waals surface area contributed by atoms with Gasteiger partial charge in [0.25, 0.3) is 0 Å². The molecule has 1 aromatic rings. The first kappa shape index (κ1) is 15.9. The smallest absolute Gasteiger partial charge is 0.148 e. The van der Waals surface area contributed by atoms with Crippen LogP contribution in [0.25, 0.3) is 0 Å². The van der Waals surface area contributed by atoms with Crippen LogP contribution >= 0.6 is 0 Å². The maximum atomic E-state index is 6.12. The minimum absolute atomic E-state index is 0.321. The predicted octanol–water partition coefficient (Wildman–Crippen LogP) is 3.98. The van der Waals surface area contributed by atoms with E-state index in [1.54, 1.807) is 0 Å². The first-order valence-corrected chi connectivity index (χ1v) is 7.44. The molecular weight excluding hydrogens is 236 g/mol. The molecule has 0 radical (unpaired) electrons. The number of anilines is 2. The molecule has 0 saturated heterocycles. The van der Waals surface area contributed by atoms with Gasteiger partial charge in [0.15, 0.2) is 0 Å². The van der Waals surface area contributed by atoms with Crippen LogP contribution in [0.4, 0.5) is 11.5 Å². The molecule has 0 amide bonds. The zero-order chi connectivity index (χ0) is 14.6. The molecule has 0 aliphatic rings. The highest BCUT2D eigenvalue weighted by Gasteiger charge is 2.16. The van der Waals surface area contributed by atoms with E-state index in [0.29, 0.717) is 12.1 Å². The molecule has 4 nitrogen and oxygen atoms in total. The number of aryl methyl sites for hydroxylation is 1. The fraction of sp³-hybridized carbons (Fsp3) is 0.800. The highest BCUT2D eigenvalue weighted by atomic mass is 15.4. The van der Waals surface area contributed by atoms with Gasteiger partial charge in [0.1, 0.15) is 5.82 Å². The summed E-state index contributed by atoms with van der Waals surface area (Å²) in [5, 5.41) is 8.03. The third-order valence-corrected chi connectivity index (χ3v) is 3.42. The van der Waals surface area contributed by atoms with Crippen molar-refractivity contribution in [3.8, 4) is 0 Å². The number of nitrogens with one attached hydrogen (secondary N) is 1. The van der Waals surface area contributed by atoms with E-state index in [2.05, 4.69) is 45.0 Å². The van der Waals surface area contributed by atoms with Gasteiger partial charge >= 0.3 is 0 Å². The zero-order valence-electron chi connectivity index (χ0n) is 13.3. The summed E-state index contributed by atoms with van der Waals surface area (Å²) in [6.45, 7) is 13.0. The van der Waals surface area contributed by atoms with E-state index in [0.717, 1.165) is 23.1 Å². The van der Waals surface area contributed by atoms with Gasteiger partial charge in [-0.1, -0.05) is 26.7 Å². The fourth-order valence-corrected chi connectivity index (χ4v) is 2.22. The van der Waals surface area contributed by atoms with Crippen molar-refractivity contribution in [2.24, 2.45) is 5.92 Å². The maximum absolute atomic E-state index is 6.12. The summed E-state index contributed by atoms with van der Waals surface area (Å²) in [5.74, 6) is 1.75. The highest BCUT2D eigenvalue weighted by molar-refractivity contribution is 5.65. The second-order valence-electron chi connectivity index (χ2n) is 6.26. The van der Waals surface area contributed by atoms with Crippen LogP contribution < -0.4 is 11.1 Å². The minimum atomic E-state index is 0.321. The molecule has 1 heterocycles. The Labute approximate surface area is 117 Å². The third kappa shape index (κ3) is 4.44.